The second-order valence-electron chi connectivity index (χ2n) is 6.96. The Morgan fingerprint density at radius 1 is 1.16 bits per heavy atom. The molecule has 32 heavy (non-hydrogen) atoms. The molecule has 0 saturated heterocycles. The van der Waals surface area contributed by atoms with E-state index in [9.17, 15) is 8.78 Å². The SMILES string of the molecule is CCNC(=NCc1cccc(Cn2cncn2)c1)N(C)Cc1ccc(OC(F)F)cc1.I. The lowest BCUT2D eigenvalue weighted by Gasteiger charge is -2.22. The van der Waals surface area contributed by atoms with Crippen LogP contribution in [-0.2, 0) is 19.6 Å². The molecule has 0 aliphatic heterocycles. The summed E-state index contributed by atoms with van der Waals surface area (Å²) < 4.78 is 30.8. The summed E-state index contributed by atoms with van der Waals surface area (Å²) in [6, 6.07) is 14.8. The summed E-state index contributed by atoms with van der Waals surface area (Å²) in [5, 5.41) is 7.43. The predicted octanol–water partition coefficient (Wildman–Crippen LogP) is 4.14. The fraction of sp³-hybridized carbons (Fsp3) is 0.318. The van der Waals surface area contributed by atoms with Crippen molar-refractivity contribution in [3.8, 4) is 5.75 Å². The van der Waals surface area contributed by atoms with E-state index in [1.54, 1.807) is 35.3 Å². The topological polar surface area (TPSA) is 67.6 Å². The highest BCUT2D eigenvalue weighted by atomic mass is 127. The van der Waals surface area contributed by atoms with Gasteiger partial charge in [0.25, 0.3) is 0 Å². The molecule has 1 aromatic heterocycles. The number of rotatable bonds is 9. The molecule has 0 bridgehead atoms. The molecule has 10 heteroatoms. The van der Waals surface area contributed by atoms with Gasteiger partial charge in [-0.1, -0.05) is 36.4 Å². The fourth-order valence-corrected chi connectivity index (χ4v) is 3.09. The van der Waals surface area contributed by atoms with Gasteiger partial charge in [0.2, 0.25) is 0 Å². The van der Waals surface area contributed by atoms with Crippen molar-refractivity contribution in [2.24, 2.45) is 4.99 Å². The third kappa shape index (κ3) is 8.06. The molecule has 0 unspecified atom stereocenters. The predicted molar refractivity (Wildman–Crippen MR) is 130 cm³/mol. The second-order valence-corrected chi connectivity index (χ2v) is 6.96. The van der Waals surface area contributed by atoms with Gasteiger partial charge in [0.1, 0.15) is 18.4 Å². The molecule has 0 spiro atoms. The van der Waals surface area contributed by atoms with E-state index in [0.29, 0.717) is 19.6 Å². The Morgan fingerprint density at radius 2 is 1.91 bits per heavy atom. The maximum Gasteiger partial charge on any atom is 0.387 e. The van der Waals surface area contributed by atoms with Crippen LogP contribution < -0.4 is 10.1 Å². The van der Waals surface area contributed by atoms with Crippen molar-refractivity contribution in [1.29, 1.82) is 0 Å². The van der Waals surface area contributed by atoms with Crippen LogP contribution in [0.1, 0.15) is 23.6 Å². The van der Waals surface area contributed by atoms with Crippen LogP contribution in [0.15, 0.2) is 66.2 Å². The first kappa shape index (κ1) is 25.5. The van der Waals surface area contributed by atoms with Gasteiger partial charge in [-0.25, -0.2) is 14.7 Å². The Hall–Kier alpha value is -2.76. The first-order valence-corrected chi connectivity index (χ1v) is 9.97. The lowest BCUT2D eigenvalue weighted by atomic mass is 10.1. The number of alkyl halides is 2. The maximum absolute atomic E-state index is 12.3. The molecular weight excluding hydrogens is 529 g/mol. The number of ether oxygens (including phenoxy) is 1. The van der Waals surface area contributed by atoms with Crippen LogP contribution in [0.25, 0.3) is 0 Å². The average Bonchev–Trinajstić information content (AvgIpc) is 3.25. The summed E-state index contributed by atoms with van der Waals surface area (Å²) in [7, 11) is 1.94. The van der Waals surface area contributed by atoms with Crippen LogP contribution in [0.2, 0.25) is 0 Å². The summed E-state index contributed by atoms with van der Waals surface area (Å²) in [6.07, 6.45) is 3.21. The number of nitrogens with zero attached hydrogens (tertiary/aromatic N) is 5. The Balaban J connectivity index is 0.00000363. The quantitative estimate of drug-likeness (QED) is 0.244. The average molecular weight is 556 g/mol. The highest BCUT2D eigenvalue weighted by Crippen LogP contribution is 2.16. The molecule has 0 aliphatic rings. The van der Waals surface area contributed by atoms with Gasteiger partial charge >= 0.3 is 6.61 Å². The van der Waals surface area contributed by atoms with E-state index in [1.807, 2.05) is 37.1 Å². The standard InChI is InChI=1S/C22H26F2N6O.HI/c1-3-26-22(29(2)13-17-7-9-20(10-8-17)31-21(23)24)27-12-18-5-4-6-19(11-18)14-30-16-25-15-28-30;/h4-11,15-16,21H,3,12-14H2,1-2H3,(H,26,27);1H. The van der Waals surface area contributed by atoms with Crippen molar-refractivity contribution in [1.82, 2.24) is 25.0 Å². The first-order chi connectivity index (χ1) is 15.0. The summed E-state index contributed by atoms with van der Waals surface area (Å²) in [6.45, 7) is 1.68. The van der Waals surface area contributed by atoms with Crippen molar-refractivity contribution in [3.63, 3.8) is 0 Å². The summed E-state index contributed by atoms with van der Waals surface area (Å²) in [4.78, 5) is 10.7. The molecule has 3 aromatic rings. The summed E-state index contributed by atoms with van der Waals surface area (Å²) in [5.41, 5.74) is 3.18. The van der Waals surface area contributed by atoms with Crippen LogP contribution in [-0.4, -0.2) is 45.8 Å². The van der Waals surface area contributed by atoms with E-state index in [2.05, 4.69) is 26.2 Å². The van der Waals surface area contributed by atoms with Gasteiger partial charge in [0.05, 0.1) is 13.1 Å². The number of halogens is 3. The molecule has 172 valence electrons. The van der Waals surface area contributed by atoms with Gasteiger partial charge in [-0.15, -0.1) is 24.0 Å². The third-order valence-corrected chi connectivity index (χ3v) is 4.48. The van der Waals surface area contributed by atoms with E-state index in [0.717, 1.165) is 29.2 Å². The van der Waals surface area contributed by atoms with Gasteiger partial charge in [0.15, 0.2) is 5.96 Å². The lowest BCUT2D eigenvalue weighted by Crippen LogP contribution is -2.38. The Kier molecular flexibility index (Phi) is 10.3. The molecule has 3 rings (SSSR count). The third-order valence-electron chi connectivity index (χ3n) is 4.48. The highest BCUT2D eigenvalue weighted by Gasteiger charge is 2.08. The van der Waals surface area contributed by atoms with Crippen molar-refractivity contribution >= 4 is 29.9 Å². The summed E-state index contributed by atoms with van der Waals surface area (Å²) >= 11 is 0. The number of benzene rings is 2. The lowest BCUT2D eigenvalue weighted by molar-refractivity contribution is -0.0498. The Bertz CT molecular complexity index is 967. The van der Waals surface area contributed by atoms with Gasteiger partial charge in [-0.3, -0.25) is 0 Å². The fourth-order valence-electron chi connectivity index (χ4n) is 3.09. The minimum absolute atomic E-state index is 0. The van der Waals surface area contributed by atoms with E-state index < -0.39 is 6.61 Å². The smallest absolute Gasteiger partial charge is 0.387 e. The molecule has 0 amide bonds. The van der Waals surface area contributed by atoms with Crippen molar-refractivity contribution < 1.29 is 13.5 Å². The van der Waals surface area contributed by atoms with Crippen LogP contribution in [0, 0.1) is 0 Å². The number of hydrogen-bond donors (Lipinski definition) is 1. The first-order valence-electron chi connectivity index (χ1n) is 9.97. The van der Waals surface area contributed by atoms with E-state index in [-0.39, 0.29) is 29.7 Å². The van der Waals surface area contributed by atoms with Crippen LogP contribution in [0.3, 0.4) is 0 Å². The summed E-state index contributed by atoms with van der Waals surface area (Å²) in [5.74, 6) is 0.907. The number of guanidine groups is 1. The molecule has 1 N–H and O–H groups in total. The van der Waals surface area contributed by atoms with Crippen molar-refractivity contribution in [2.45, 2.75) is 33.2 Å². The number of aliphatic imine (C=N–C) groups is 1. The highest BCUT2D eigenvalue weighted by molar-refractivity contribution is 14.0. The molecule has 0 atom stereocenters. The zero-order valence-electron chi connectivity index (χ0n) is 18.0. The van der Waals surface area contributed by atoms with Crippen LogP contribution >= 0.6 is 24.0 Å². The van der Waals surface area contributed by atoms with Crippen molar-refractivity contribution in [2.75, 3.05) is 13.6 Å². The monoisotopic (exact) mass is 556 g/mol. The molecule has 0 radical (unpaired) electrons. The van der Waals surface area contributed by atoms with Crippen LogP contribution in [0.4, 0.5) is 8.78 Å². The zero-order valence-corrected chi connectivity index (χ0v) is 20.3. The second kappa shape index (κ2) is 12.9. The molecule has 0 saturated carbocycles. The zero-order chi connectivity index (χ0) is 22.1. The maximum atomic E-state index is 12.3. The van der Waals surface area contributed by atoms with E-state index >= 15 is 0 Å². The van der Waals surface area contributed by atoms with Gasteiger partial charge in [-0.2, -0.15) is 13.9 Å². The minimum atomic E-state index is -2.82. The Labute approximate surface area is 203 Å². The largest absolute Gasteiger partial charge is 0.435 e. The van der Waals surface area contributed by atoms with Gasteiger partial charge in [0, 0.05) is 20.1 Å². The molecule has 0 fully saturated rings. The van der Waals surface area contributed by atoms with E-state index in [4.69, 9.17) is 4.99 Å². The van der Waals surface area contributed by atoms with Gasteiger partial charge in [-0.05, 0) is 35.7 Å². The number of nitrogens with one attached hydrogen (secondary N) is 1. The molecule has 1 heterocycles. The molecule has 7 nitrogen and oxygen atoms in total. The van der Waals surface area contributed by atoms with Gasteiger partial charge < -0.3 is 15.0 Å². The minimum Gasteiger partial charge on any atom is -0.435 e. The number of hydrogen-bond acceptors (Lipinski definition) is 4. The molecule has 0 aliphatic carbocycles. The Morgan fingerprint density at radius 3 is 2.56 bits per heavy atom. The van der Waals surface area contributed by atoms with Crippen molar-refractivity contribution in [3.05, 3.63) is 77.9 Å². The molecular formula is C22H27F2IN6O. The molecule has 2 aromatic carbocycles. The van der Waals surface area contributed by atoms with E-state index in [1.165, 1.54) is 6.33 Å². The number of aromatic nitrogens is 3. The normalized spacial score (nSPS) is 11.2. The van der Waals surface area contributed by atoms with Crippen LogP contribution in [0.5, 0.6) is 5.75 Å².